The Morgan fingerprint density at radius 2 is 1.96 bits per heavy atom. The van der Waals surface area contributed by atoms with Gasteiger partial charge in [0.05, 0.1) is 12.2 Å². The van der Waals surface area contributed by atoms with Crippen molar-refractivity contribution in [2.45, 2.75) is 6.42 Å². The van der Waals surface area contributed by atoms with Crippen LogP contribution in [0.3, 0.4) is 0 Å². The fourth-order valence-corrected chi connectivity index (χ4v) is 3.47. The Kier molecular flexibility index (Phi) is 3.66. The van der Waals surface area contributed by atoms with Crippen LogP contribution in [0.25, 0.3) is 22.0 Å². The highest BCUT2D eigenvalue weighted by Crippen LogP contribution is 2.38. The second kappa shape index (κ2) is 5.86. The fourth-order valence-electron chi connectivity index (χ4n) is 3.47. The molecule has 2 N–H and O–H groups in total. The SMILES string of the molecule is CN(C)CC(=O)Nc1ccc2c(=O)[nH]c3c(c2c1)Cc1ccccc1-3. The second-order valence-corrected chi connectivity index (χ2v) is 6.69. The molecule has 0 atom stereocenters. The van der Waals surface area contributed by atoms with Crippen molar-refractivity contribution < 1.29 is 4.79 Å². The van der Waals surface area contributed by atoms with Gasteiger partial charge in [0, 0.05) is 23.1 Å². The van der Waals surface area contributed by atoms with Crippen LogP contribution in [0.1, 0.15) is 11.1 Å². The summed E-state index contributed by atoms with van der Waals surface area (Å²) in [7, 11) is 3.70. The molecule has 4 rings (SSSR count). The molecule has 5 heteroatoms. The molecule has 1 aliphatic rings. The highest BCUT2D eigenvalue weighted by Gasteiger charge is 2.22. The van der Waals surface area contributed by atoms with E-state index < -0.39 is 0 Å². The molecule has 0 aliphatic heterocycles. The number of hydrogen-bond acceptors (Lipinski definition) is 3. The summed E-state index contributed by atoms with van der Waals surface area (Å²) in [6.45, 7) is 0.316. The van der Waals surface area contributed by atoms with Crippen molar-refractivity contribution in [3.05, 3.63) is 63.9 Å². The number of rotatable bonds is 3. The van der Waals surface area contributed by atoms with Crippen molar-refractivity contribution in [3.63, 3.8) is 0 Å². The average Bonchev–Trinajstić information content (AvgIpc) is 2.93. The number of pyridine rings is 1. The summed E-state index contributed by atoms with van der Waals surface area (Å²) in [6.07, 6.45) is 0.786. The third-order valence-corrected chi connectivity index (χ3v) is 4.53. The van der Waals surface area contributed by atoms with Crippen LogP contribution in [0.4, 0.5) is 5.69 Å². The first-order chi connectivity index (χ1) is 12.0. The molecule has 0 fully saturated rings. The number of nitrogens with one attached hydrogen (secondary N) is 2. The van der Waals surface area contributed by atoms with E-state index in [4.69, 9.17) is 0 Å². The predicted molar refractivity (Wildman–Crippen MR) is 100.0 cm³/mol. The van der Waals surface area contributed by atoms with E-state index in [0.717, 1.165) is 28.6 Å². The van der Waals surface area contributed by atoms with Gasteiger partial charge in [0.1, 0.15) is 0 Å². The molecule has 25 heavy (non-hydrogen) atoms. The molecule has 2 aromatic carbocycles. The van der Waals surface area contributed by atoms with Crippen molar-refractivity contribution in [2.24, 2.45) is 0 Å². The largest absolute Gasteiger partial charge is 0.325 e. The molecule has 1 amide bonds. The zero-order valence-corrected chi connectivity index (χ0v) is 14.2. The monoisotopic (exact) mass is 333 g/mol. The standard InChI is InChI=1S/C20H19N3O2/c1-23(2)11-18(24)21-13-7-8-15-16(10-13)17-9-12-5-3-4-6-14(12)19(17)22-20(15)25/h3-8,10H,9,11H2,1-2H3,(H,21,24)(H,22,25). The molecule has 0 bridgehead atoms. The van der Waals surface area contributed by atoms with Gasteiger partial charge in [-0.25, -0.2) is 0 Å². The minimum Gasteiger partial charge on any atom is -0.325 e. The summed E-state index contributed by atoms with van der Waals surface area (Å²) in [6, 6.07) is 13.6. The summed E-state index contributed by atoms with van der Waals surface area (Å²) in [4.78, 5) is 29.3. The number of H-pyrrole nitrogens is 1. The van der Waals surface area contributed by atoms with Crippen LogP contribution in [0.2, 0.25) is 0 Å². The molecule has 0 spiro atoms. The Balaban J connectivity index is 1.81. The molecular weight excluding hydrogens is 314 g/mol. The third-order valence-electron chi connectivity index (χ3n) is 4.53. The molecule has 126 valence electrons. The maximum absolute atomic E-state index is 12.5. The topological polar surface area (TPSA) is 65.2 Å². The molecule has 0 saturated carbocycles. The third kappa shape index (κ3) is 2.72. The molecule has 0 radical (unpaired) electrons. The fraction of sp³-hybridized carbons (Fsp3) is 0.200. The second-order valence-electron chi connectivity index (χ2n) is 6.69. The molecule has 1 heterocycles. The van der Waals surface area contributed by atoms with E-state index in [1.807, 2.05) is 43.3 Å². The first-order valence-electron chi connectivity index (χ1n) is 8.24. The number of fused-ring (bicyclic) bond motifs is 5. The minimum absolute atomic E-state index is 0.0749. The Hall–Kier alpha value is -2.92. The molecular formula is C20H19N3O2. The van der Waals surface area contributed by atoms with Crippen molar-refractivity contribution in [3.8, 4) is 11.3 Å². The van der Waals surface area contributed by atoms with Gasteiger partial charge in [-0.05, 0) is 48.8 Å². The number of carbonyl (C=O) groups excluding carboxylic acids is 1. The smallest absolute Gasteiger partial charge is 0.256 e. The lowest BCUT2D eigenvalue weighted by Gasteiger charge is -2.12. The van der Waals surface area contributed by atoms with Crippen LogP contribution < -0.4 is 10.9 Å². The van der Waals surface area contributed by atoms with E-state index in [-0.39, 0.29) is 11.5 Å². The summed E-state index contributed by atoms with van der Waals surface area (Å²) >= 11 is 0. The van der Waals surface area contributed by atoms with Gasteiger partial charge < -0.3 is 15.2 Å². The summed E-state index contributed by atoms with van der Waals surface area (Å²) < 4.78 is 0. The molecule has 0 unspecified atom stereocenters. The van der Waals surface area contributed by atoms with Gasteiger partial charge in [0.15, 0.2) is 0 Å². The van der Waals surface area contributed by atoms with Crippen LogP contribution in [0.5, 0.6) is 0 Å². The molecule has 1 aromatic heterocycles. The van der Waals surface area contributed by atoms with Crippen LogP contribution >= 0.6 is 0 Å². The van der Waals surface area contributed by atoms with E-state index >= 15 is 0 Å². The maximum Gasteiger partial charge on any atom is 0.256 e. The van der Waals surface area contributed by atoms with E-state index in [2.05, 4.69) is 16.4 Å². The molecule has 5 nitrogen and oxygen atoms in total. The van der Waals surface area contributed by atoms with E-state index in [9.17, 15) is 9.59 Å². The predicted octanol–water partition coefficient (Wildman–Crippen LogP) is 2.60. The van der Waals surface area contributed by atoms with Crippen LogP contribution in [-0.2, 0) is 11.2 Å². The summed E-state index contributed by atoms with van der Waals surface area (Å²) in [5.41, 5.74) is 4.91. The normalized spacial score (nSPS) is 12.3. The summed E-state index contributed by atoms with van der Waals surface area (Å²) in [5, 5.41) is 4.46. The average molecular weight is 333 g/mol. The van der Waals surface area contributed by atoms with Crippen molar-refractivity contribution in [1.29, 1.82) is 0 Å². The van der Waals surface area contributed by atoms with E-state index in [1.54, 1.807) is 12.1 Å². The Bertz CT molecular complexity index is 1050. The van der Waals surface area contributed by atoms with Gasteiger partial charge in [-0.2, -0.15) is 0 Å². The number of nitrogens with zero attached hydrogens (tertiary/aromatic N) is 1. The Morgan fingerprint density at radius 3 is 2.76 bits per heavy atom. The Labute approximate surface area is 145 Å². The van der Waals surface area contributed by atoms with E-state index in [0.29, 0.717) is 17.6 Å². The zero-order chi connectivity index (χ0) is 17.6. The highest BCUT2D eigenvalue weighted by molar-refractivity contribution is 5.98. The van der Waals surface area contributed by atoms with Gasteiger partial charge in [-0.3, -0.25) is 9.59 Å². The first kappa shape index (κ1) is 15.6. The lowest BCUT2D eigenvalue weighted by atomic mass is 10.0. The van der Waals surface area contributed by atoms with Gasteiger partial charge >= 0.3 is 0 Å². The lowest BCUT2D eigenvalue weighted by Crippen LogP contribution is -2.27. The van der Waals surface area contributed by atoms with Gasteiger partial charge in [0.2, 0.25) is 5.91 Å². The molecule has 0 saturated heterocycles. The zero-order valence-electron chi connectivity index (χ0n) is 14.2. The van der Waals surface area contributed by atoms with Crippen LogP contribution in [0.15, 0.2) is 47.3 Å². The summed E-state index contributed by atoms with van der Waals surface area (Å²) in [5.74, 6) is -0.0749. The number of carbonyl (C=O) groups is 1. The van der Waals surface area contributed by atoms with Crippen LogP contribution in [-0.4, -0.2) is 36.4 Å². The van der Waals surface area contributed by atoms with Crippen LogP contribution in [0, 0.1) is 0 Å². The minimum atomic E-state index is -0.100. The number of anilines is 1. The maximum atomic E-state index is 12.5. The van der Waals surface area contributed by atoms with E-state index in [1.165, 1.54) is 5.56 Å². The van der Waals surface area contributed by atoms with Gasteiger partial charge in [-0.1, -0.05) is 24.3 Å². The number of benzene rings is 2. The lowest BCUT2D eigenvalue weighted by molar-refractivity contribution is -0.116. The van der Waals surface area contributed by atoms with Gasteiger partial charge in [-0.15, -0.1) is 0 Å². The first-order valence-corrected chi connectivity index (χ1v) is 8.24. The number of hydrogen-bond donors (Lipinski definition) is 2. The Morgan fingerprint density at radius 1 is 1.16 bits per heavy atom. The highest BCUT2D eigenvalue weighted by atomic mass is 16.2. The van der Waals surface area contributed by atoms with Gasteiger partial charge in [0.25, 0.3) is 5.56 Å². The van der Waals surface area contributed by atoms with Crippen molar-refractivity contribution >= 4 is 22.4 Å². The number of amides is 1. The number of aromatic nitrogens is 1. The molecule has 1 aliphatic carbocycles. The number of aromatic amines is 1. The number of likely N-dealkylation sites (N-methyl/N-ethyl adjacent to an activating group) is 1. The van der Waals surface area contributed by atoms with Crippen molar-refractivity contribution in [2.75, 3.05) is 26.0 Å². The molecule has 3 aromatic rings. The van der Waals surface area contributed by atoms with Crippen molar-refractivity contribution in [1.82, 2.24) is 9.88 Å². The quantitative estimate of drug-likeness (QED) is 0.606.